The van der Waals surface area contributed by atoms with Crippen LogP contribution >= 0.6 is 0 Å². The van der Waals surface area contributed by atoms with E-state index in [0.717, 1.165) is 24.1 Å². The molecule has 2 aromatic rings. The molecule has 0 amide bonds. The Hall–Kier alpha value is -1.67. The predicted molar refractivity (Wildman–Crippen MR) is 71.4 cm³/mol. The number of pyridine rings is 1. The molecule has 2 nitrogen and oxygen atoms in total. The molecule has 2 heteroatoms. The zero-order chi connectivity index (χ0) is 12.4. The van der Waals surface area contributed by atoms with Gasteiger partial charge in [-0.25, -0.2) is 0 Å². The van der Waals surface area contributed by atoms with Gasteiger partial charge in [0.25, 0.3) is 0 Å². The summed E-state index contributed by atoms with van der Waals surface area (Å²) in [6.07, 6.45) is 5.84. The van der Waals surface area contributed by atoms with Crippen LogP contribution in [0.1, 0.15) is 41.3 Å². The number of nitrogens with zero attached hydrogens (tertiary/aromatic N) is 1. The van der Waals surface area contributed by atoms with Crippen molar-refractivity contribution in [3.63, 3.8) is 0 Å². The fraction of sp³-hybridized carbons (Fsp3) is 0.312. The highest BCUT2D eigenvalue weighted by atomic mass is 16.3. The summed E-state index contributed by atoms with van der Waals surface area (Å²) in [7, 11) is 0. The highest BCUT2D eigenvalue weighted by Crippen LogP contribution is 2.29. The molecule has 0 saturated carbocycles. The van der Waals surface area contributed by atoms with Crippen molar-refractivity contribution in [1.82, 2.24) is 4.98 Å². The summed E-state index contributed by atoms with van der Waals surface area (Å²) in [5.74, 6) is 0. The molecule has 0 fully saturated rings. The lowest BCUT2D eigenvalue weighted by atomic mass is 9.88. The van der Waals surface area contributed by atoms with Gasteiger partial charge < -0.3 is 5.11 Å². The highest BCUT2D eigenvalue weighted by Gasteiger charge is 2.20. The third kappa shape index (κ3) is 2.04. The second-order valence-electron chi connectivity index (χ2n) is 4.85. The van der Waals surface area contributed by atoms with Gasteiger partial charge in [-0.05, 0) is 48.4 Å². The molecule has 18 heavy (non-hydrogen) atoms. The number of aliphatic hydroxyl groups excluding tert-OH is 1. The first kappa shape index (κ1) is 11.4. The minimum Gasteiger partial charge on any atom is -0.382 e. The zero-order valence-corrected chi connectivity index (χ0v) is 10.3. The van der Waals surface area contributed by atoms with Gasteiger partial charge in [-0.3, -0.25) is 4.98 Å². The summed E-state index contributed by atoms with van der Waals surface area (Å²) in [5.41, 5.74) is 4.39. The Labute approximate surface area is 107 Å². The highest BCUT2D eigenvalue weighted by molar-refractivity contribution is 5.37. The van der Waals surface area contributed by atoms with Crippen molar-refractivity contribution in [2.75, 3.05) is 0 Å². The quantitative estimate of drug-likeness (QED) is 0.873. The minimum atomic E-state index is -0.598. The summed E-state index contributed by atoms with van der Waals surface area (Å²) in [5, 5.41) is 10.5. The first-order chi connectivity index (χ1) is 8.86. The van der Waals surface area contributed by atoms with Crippen molar-refractivity contribution < 1.29 is 5.11 Å². The molecule has 1 atom stereocenters. The standard InChI is InChI=1S/C16H17NO/c18-16(13-7-2-1-3-8-13)15-14-9-5-4-6-12(14)10-11-17-15/h1-3,7-8,10-11,16,18H,4-6,9H2. The van der Waals surface area contributed by atoms with Crippen LogP contribution in [0.2, 0.25) is 0 Å². The van der Waals surface area contributed by atoms with Crippen molar-refractivity contribution in [3.05, 3.63) is 65.0 Å². The van der Waals surface area contributed by atoms with Crippen molar-refractivity contribution in [2.45, 2.75) is 31.8 Å². The maximum Gasteiger partial charge on any atom is 0.121 e. The lowest BCUT2D eigenvalue weighted by Gasteiger charge is -2.21. The maximum atomic E-state index is 10.5. The molecular formula is C16H17NO. The molecule has 0 spiro atoms. The Morgan fingerprint density at radius 2 is 1.78 bits per heavy atom. The second kappa shape index (κ2) is 4.91. The van der Waals surface area contributed by atoms with Gasteiger partial charge in [0, 0.05) is 6.20 Å². The molecule has 0 radical (unpaired) electrons. The molecule has 92 valence electrons. The molecule has 1 aliphatic carbocycles. The number of aromatic nitrogens is 1. The van der Waals surface area contributed by atoms with Gasteiger partial charge in [-0.2, -0.15) is 0 Å². The van der Waals surface area contributed by atoms with E-state index in [1.807, 2.05) is 36.5 Å². The molecule has 1 aromatic heterocycles. The fourth-order valence-electron chi connectivity index (χ4n) is 2.72. The van der Waals surface area contributed by atoms with E-state index in [2.05, 4.69) is 11.1 Å². The smallest absolute Gasteiger partial charge is 0.121 e. The van der Waals surface area contributed by atoms with Gasteiger partial charge in [0.1, 0.15) is 6.10 Å². The number of hydrogen-bond donors (Lipinski definition) is 1. The average Bonchev–Trinajstić information content (AvgIpc) is 2.47. The minimum absolute atomic E-state index is 0.598. The first-order valence-electron chi connectivity index (χ1n) is 6.56. The van der Waals surface area contributed by atoms with Crippen molar-refractivity contribution in [1.29, 1.82) is 0 Å². The van der Waals surface area contributed by atoms with Gasteiger partial charge in [0.05, 0.1) is 5.69 Å². The number of fused-ring (bicyclic) bond motifs is 1. The summed E-state index contributed by atoms with van der Waals surface area (Å²) in [6, 6.07) is 11.9. The van der Waals surface area contributed by atoms with E-state index < -0.39 is 6.10 Å². The van der Waals surface area contributed by atoms with Gasteiger partial charge in [-0.15, -0.1) is 0 Å². The third-order valence-electron chi connectivity index (χ3n) is 3.68. The van der Waals surface area contributed by atoms with Crippen LogP contribution in [0.3, 0.4) is 0 Å². The predicted octanol–water partition coefficient (Wildman–Crippen LogP) is 3.04. The van der Waals surface area contributed by atoms with E-state index in [-0.39, 0.29) is 0 Å². The van der Waals surface area contributed by atoms with Crippen LogP contribution in [-0.4, -0.2) is 10.1 Å². The van der Waals surface area contributed by atoms with Crippen molar-refractivity contribution in [3.8, 4) is 0 Å². The number of hydrogen-bond acceptors (Lipinski definition) is 2. The number of rotatable bonds is 2. The van der Waals surface area contributed by atoms with E-state index in [1.54, 1.807) is 0 Å². The van der Waals surface area contributed by atoms with Crippen LogP contribution in [0.4, 0.5) is 0 Å². The Balaban J connectivity index is 2.02. The van der Waals surface area contributed by atoms with Crippen molar-refractivity contribution in [2.24, 2.45) is 0 Å². The Morgan fingerprint density at radius 1 is 1.00 bits per heavy atom. The van der Waals surface area contributed by atoms with Crippen molar-refractivity contribution >= 4 is 0 Å². The molecule has 1 N–H and O–H groups in total. The lowest BCUT2D eigenvalue weighted by Crippen LogP contribution is -2.12. The van der Waals surface area contributed by atoms with E-state index in [0.29, 0.717) is 0 Å². The summed E-state index contributed by atoms with van der Waals surface area (Å²) < 4.78 is 0. The molecule has 1 unspecified atom stereocenters. The first-order valence-corrected chi connectivity index (χ1v) is 6.56. The van der Waals surface area contributed by atoms with Crippen LogP contribution < -0.4 is 0 Å². The van der Waals surface area contributed by atoms with Crippen LogP contribution in [0.25, 0.3) is 0 Å². The van der Waals surface area contributed by atoms with E-state index >= 15 is 0 Å². The van der Waals surface area contributed by atoms with Crippen LogP contribution in [0.15, 0.2) is 42.6 Å². The van der Waals surface area contributed by atoms with Gasteiger partial charge in [-0.1, -0.05) is 30.3 Å². The number of aryl methyl sites for hydroxylation is 1. The Bertz CT molecular complexity index is 536. The van der Waals surface area contributed by atoms with Gasteiger partial charge in [0.15, 0.2) is 0 Å². The SMILES string of the molecule is OC(c1ccccc1)c1nccc2c1CCCC2. The average molecular weight is 239 g/mol. The zero-order valence-electron chi connectivity index (χ0n) is 10.3. The number of aliphatic hydroxyl groups is 1. The maximum absolute atomic E-state index is 10.5. The van der Waals surface area contributed by atoms with E-state index in [9.17, 15) is 5.11 Å². The third-order valence-corrected chi connectivity index (χ3v) is 3.68. The molecule has 0 aliphatic heterocycles. The summed E-state index contributed by atoms with van der Waals surface area (Å²) >= 11 is 0. The second-order valence-corrected chi connectivity index (χ2v) is 4.85. The lowest BCUT2D eigenvalue weighted by molar-refractivity contribution is 0.213. The molecule has 0 saturated heterocycles. The van der Waals surface area contributed by atoms with Crippen LogP contribution in [0, 0.1) is 0 Å². The largest absolute Gasteiger partial charge is 0.382 e. The van der Waals surface area contributed by atoms with Gasteiger partial charge in [0.2, 0.25) is 0 Å². The molecule has 1 aromatic carbocycles. The molecule has 0 bridgehead atoms. The Morgan fingerprint density at radius 3 is 2.61 bits per heavy atom. The molecule has 3 rings (SSSR count). The topological polar surface area (TPSA) is 33.1 Å². The van der Waals surface area contributed by atoms with Gasteiger partial charge >= 0.3 is 0 Å². The monoisotopic (exact) mass is 239 g/mol. The Kier molecular flexibility index (Phi) is 3.11. The van der Waals surface area contributed by atoms with E-state index in [4.69, 9.17) is 0 Å². The summed E-state index contributed by atoms with van der Waals surface area (Å²) in [4.78, 5) is 4.42. The molecule has 1 heterocycles. The van der Waals surface area contributed by atoms with Crippen LogP contribution in [0.5, 0.6) is 0 Å². The summed E-state index contributed by atoms with van der Waals surface area (Å²) in [6.45, 7) is 0. The van der Waals surface area contributed by atoms with E-state index in [1.165, 1.54) is 24.0 Å². The fourth-order valence-corrected chi connectivity index (χ4v) is 2.72. The van der Waals surface area contributed by atoms with Crippen LogP contribution in [-0.2, 0) is 12.8 Å². The molecular weight excluding hydrogens is 222 g/mol. The number of benzene rings is 1. The molecule has 1 aliphatic rings. The normalized spacial score (nSPS) is 16.1.